The van der Waals surface area contributed by atoms with Crippen LogP contribution in [0.25, 0.3) is 0 Å². The number of hydrogen-bond acceptors (Lipinski definition) is 3. The summed E-state index contributed by atoms with van der Waals surface area (Å²) >= 11 is 6.23. The van der Waals surface area contributed by atoms with E-state index in [1.165, 1.54) is 0 Å². The molecule has 1 aromatic carbocycles. The summed E-state index contributed by atoms with van der Waals surface area (Å²) < 4.78 is 0. The molecule has 0 aromatic heterocycles. The maximum atomic E-state index is 9.91. The molecule has 1 aliphatic heterocycles. The molecule has 0 radical (unpaired) electrons. The van der Waals surface area contributed by atoms with Crippen LogP contribution in [0.2, 0.25) is 5.02 Å². The molecule has 94 valence electrons. The second-order valence-electron chi connectivity index (χ2n) is 5.25. The molecule has 3 rings (SSSR count). The Morgan fingerprint density at radius 3 is 2.83 bits per heavy atom. The molecular weight excluding hydrogens is 248 g/mol. The molecule has 1 heterocycles. The minimum absolute atomic E-state index is 0.155. The zero-order valence-corrected chi connectivity index (χ0v) is 10.8. The summed E-state index contributed by atoms with van der Waals surface area (Å²) in [5, 5.41) is 19.4. The number of benzene rings is 1. The Labute approximate surface area is 112 Å². The van der Waals surface area contributed by atoms with Gasteiger partial charge in [0.1, 0.15) is 0 Å². The van der Waals surface area contributed by atoms with Gasteiger partial charge in [-0.15, -0.1) is 0 Å². The van der Waals surface area contributed by atoms with Crippen molar-refractivity contribution in [1.29, 1.82) is 5.26 Å². The van der Waals surface area contributed by atoms with Gasteiger partial charge in [0, 0.05) is 19.0 Å². The van der Waals surface area contributed by atoms with Gasteiger partial charge < -0.3 is 10.0 Å². The molecule has 2 aliphatic rings. The standard InChI is InChI=1S/C14H15ClN2O/c15-12-5-9(6-16)1-3-13(12)17-7-10-2-4-14(18)11(10)8-17/h1,3,5,10-11,14,18H,2,4,7-8H2. The van der Waals surface area contributed by atoms with E-state index in [9.17, 15) is 5.11 Å². The summed E-state index contributed by atoms with van der Waals surface area (Å²) in [5.74, 6) is 0.975. The highest BCUT2D eigenvalue weighted by molar-refractivity contribution is 6.33. The molecule has 3 atom stereocenters. The van der Waals surface area contributed by atoms with E-state index in [1.807, 2.05) is 6.07 Å². The number of aliphatic hydroxyl groups excluding tert-OH is 1. The van der Waals surface area contributed by atoms with Gasteiger partial charge in [-0.3, -0.25) is 0 Å². The smallest absolute Gasteiger partial charge is 0.0992 e. The van der Waals surface area contributed by atoms with Crippen LogP contribution in [0.1, 0.15) is 18.4 Å². The summed E-state index contributed by atoms with van der Waals surface area (Å²) in [6.45, 7) is 1.84. The van der Waals surface area contributed by atoms with Gasteiger partial charge in [0.05, 0.1) is 28.4 Å². The Kier molecular flexibility index (Phi) is 2.93. The van der Waals surface area contributed by atoms with Gasteiger partial charge in [-0.05, 0) is 37.0 Å². The zero-order chi connectivity index (χ0) is 12.7. The van der Waals surface area contributed by atoms with Gasteiger partial charge >= 0.3 is 0 Å². The minimum Gasteiger partial charge on any atom is -0.393 e. The summed E-state index contributed by atoms with van der Waals surface area (Å²) in [7, 11) is 0. The minimum atomic E-state index is -0.155. The van der Waals surface area contributed by atoms with Gasteiger partial charge in [0.25, 0.3) is 0 Å². The lowest BCUT2D eigenvalue weighted by molar-refractivity contribution is 0.133. The average Bonchev–Trinajstić information content (AvgIpc) is 2.92. The molecule has 3 unspecified atom stereocenters. The molecule has 1 aliphatic carbocycles. The molecule has 4 heteroatoms. The van der Waals surface area contributed by atoms with Crippen molar-refractivity contribution in [3.8, 4) is 6.07 Å². The third kappa shape index (κ3) is 1.86. The number of halogens is 1. The molecular formula is C14H15ClN2O. The van der Waals surface area contributed by atoms with Crippen LogP contribution in [-0.4, -0.2) is 24.3 Å². The molecule has 2 fully saturated rings. The Bertz CT molecular complexity index is 511. The van der Waals surface area contributed by atoms with Gasteiger partial charge in [-0.1, -0.05) is 11.6 Å². The van der Waals surface area contributed by atoms with Crippen LogP contribution >= 0.6 is 11.6 Å². The molecule has 1 aromatic rings. The fraction of sp³-hybridized carbons (Fsp3) is 0.500. The first kappa shape index (κ1) is 11.8. The molecule has 1 N–H and O–H groups in total. The van der Waals surface area contributed by atoms with E-state index in [0.29, 0.717) is 22.4 Å². The third-order valence-corrected chi connectivity index (χ3v) is 4.54. The maximum Gasteiger partial charge on any atom is 0.0992 e. The number of aliphatic hydroxyl groups is 1. The lowest BCUT2D eigenvalue weighted by Crippen LogP contribution is -2.24. The SMILES string of the molecule is N#Cc1ccc(N2CC3CCC(O)C3C2)c(Cl)c1. The van der Waals surface area contributed by atoms with E-state index in [1.54, 1.807) is 12.1 Å². The first-order valence-electron chi connectivity index (χ1n) is 6.31. The van der Waals surface area contributed by atoms with Crippen molar-refractivity contribution in [3.63, 3.8) is 0 Å². The van der Waals surface area contributed by atoms with Crippen LogP contribution < -0.4 is 4.90 Å². The van der Waals surface area contributed by atoms with Crippen molar-refractivity contribution in [1.82, 2.24) is 0 Å². The largest absolute Gasteiger partial charge is 0.393 e. The van der Waals surface area contributed by atoms with Crippen LogP contribution in [0.3, 0.4) is 0 Å². The van der Waals surface area contributed by atoms with Crippen molar-refractivity contribution in [3.05, 3.63) is 28.8 Å². The van der Waals surface area contributed by atoms with E-state index >= 15 is 0 Å². The van der Waals surface area contributed by atoms with E-state index in [2.05, 4.69) is 11.0 Å². The Hall–Kier alpha value is -1.24. The summed E-state index contributed by atoms with van der Waals surface area (Å²) in [6, 6.07) is 7.51. The van der Waals surface area contributed by atoms with Crippen molar-refractivity contribution < 1.29 is 5.11 Å². The van der Waals surface area contributed by atoms with E-state index < -0.39 is 0 Å². The maximum absolute atomic E-state index is 9.91. The van der Waals surface area contributed by atoms with Crippen molar-refractivity contribution in [2.45, 2.75) is 18.9 Å². The van der Waals surface area contributed by atoms with Crippen molar-refractivity contribution in [2.24, 2.45) is 11.8 Å². The van der Waals surface area contributed by atoms with Crippen LogP contribution in [-0.2, 0) is 0 Å². The van der Waals surface area contributed by atoms with E-state index in [0.717, 1.165) is 31.6 Å². The average molecular weight is 263 g/mol. The van der Waals surface area contributed by atoms with Gasteiger partial charge in [-0.2, -0.15) is 5.26 Å². The highest BCUT2D eigenvalue weighted by Gasteiger charge is 2.42. The molecule has 1 saturated carbocycles. The molecule has 1 saturated heterocycles. The number of rotatable bonds is 1. The van der Waals surface area contributed by atoms with Crippen molar-refractivity contribution in [2.75, 3.05) is 18.0 Å². The van der Waals surface area contributed by atoms with Gasteiger partial charge in [-0.25, -0.2) is 0 Å². The lowest BCUT2D eigenvalue weighted by Gasteiger charge is -2.21. The Morgan fingerprint density at radius 2 is 2.17 bits per heavy atom. The molecule has 3 nitrogen and oxygen atoms in total. The number of anilines is 1. The second-order valence-corrected chi connectivity index (χ2v) is 5.66. The third-order valence-electron chi connectivity index (χ3n) is 4.24. The van der Waals surface area contributed by atoms with Gasteiger partial charge in [0.15, 0.2) is 0 Å². The highest BCUT2D eigenvalue weighted by atomic mass is 35.5. The molecule has 0 bridgehead atoms. The van der Waals surface area contributed by atoms with E-state index in [4.69, 9.17) is 16.9 Å². The number of nitriles is 1. The van der Waals surface area contributed by atoms with Crippen LogP contribution in [0.15, 0.2) is 18.2 Å². The highest BCUT2D eigenvalue weighted by Crippen LogP contribution is 2.41. The van der Waals surface area contributed by atoms with Crippen molar-refractivity contribution >= 4 is 17.3 Å². The molecule has 18 heavy (non-hydrogen) atoms. The topological polar surface area (TPSA) is 47.3 Å². The monoisotopic (exact) mass is 262 g/mol. The van der Waals surface area contributed by atoms with Crippen LogP contribution in [0.4, 0.5) is 5.69 Å². The van der Waals surface area contributed by atoms with E-state index in [-0.39, 0.29) is 6.10 Å². The number of hydrogen-bond donors (Lipinski definition) is 1. The summed E-state index contributed by atoms with van der Waals surface area (Å²) in [4.78, 5) is 2.24. The van der Waals surface area contributed by atoms with Crippen LogP contribution in [0, 0.1) is 23.2 Å². The number of fused-ring (bicyclic) bond motifs is 1. The van der Waals surface area contributed by atoms with Crippen LogP contribution in [0.5, 0.6) is 0 Å². The predicted octanol–water partition coefficient (Wildman–Crippen LogP) is 2.42. The summed E-state index contributed by atoms with van der Waals surface area (Å²) in [5.41, 5.74) is 1.57. The number of nitrogens with zero attached hydrogens (tertiary/aromatic N) is 2. The normalized spacial score (nSPS) is 30.3. The quantitative estimate of drug-likeness (QED) is 0.846. The summed E-state index contributed by atoms with van der Waals surface area (Å²) in [6.07, 6.45) is 1.89. The zero-order valence-electron chi connectivity index (χ0n) is 10.0. The molecule has 0 spiro atoms. The Morgan fingerprint density at radius 1 is 1.33 bits per heavy atom. The Balaban J connectivity index is 1.83. The predicted molar refractivity (Wildman–Crippen MR) is 70.6 cm³/mol. The fourth-order valence-electron chi connectivity index (χ4n) is 3.27. The first-order valence-corrected chi connectivity index (χ1v) is 6.69. The lowest BCUT2D eigenvalue weighted by atomic mass is 10.00. The van der Waals surface area contributed by atoms with Gasteiger partial charge in [0.2, 0.25) is 0 Å². The molecule has 0 amide bonds. The first-order chi connectivity index (χ1) is 8.69. The fourth-order valence-corrected chi connectivity index (χ4v) is 3.57. The second kappa shape index (κ2) is 4.46.